The van der Waals surface area contributed by atoms with Gasteiger partial charge in [-0.15, -0.1) is 0 Å². The van der Waals surface area contributed by atoms with Crippen LogP contribution in [0.2, 0.25) is 0 Å². The van der Waals surface area contributed by atoms with E-state index in [2.05, 4.69) is 16.0 Å². The number of anilines is 2. The maximum atomic E-state index is 13.4. The molecule has 0 aromatic heterocycles. The third-order valence-electron chi connectivity index (χ3n) is 2.69. The molecule has 1 aromatic carbocycles. The van der Waals surface area contributed by atoms with Crippen LogP contribution in [0.3, 0.4) is 0 Å². The van der Waals surface area contributed by atoms with Gasteiger partial charge in [0.1, 0.15) is 5.82 Å². The Kier molecular flexibility index (Phi) is 4.11. The Balaban J connectivity index is 1.94. The molecule has 6 heteroatoms. The standard InChI is InChI=1S/C13H16FN3O2/c1-8(18)16-12-6-10(4-5-11(12)14)17-13(19)7-15-9-2-3-9/h4-6,9,15H,2-3,7H2,1H3,(H,16,18)(H,17,19). The van der Waals surface area contributed by atoms with Gasteiger partial charge in [0.15, 0.2) is 0 Å². The molecular formula is C13H16FN3O2. The van der Waals surface area contributed by atoms with Crippen molar-refractivity contribution < 1.29 is 14.0 Å². The van der Waals surface area contributed by atoms with Gasteiger partial charge in [-0.05, 0) is 31.0 Å². The number of carbonyl (C=O) groups excluding carboxylic acids is 2. The van der Waals surface area contributed by atoms with Crippen molar-refractivity contribution in [3.63, 3.8) is 0 Å². The summed E-state index contributed by atoms with van der Waals surface area (Å²) in [5, 5.41) is 8.09. The zero-order valence-electron chi connectivity index (χ0n) is 10.6. The number of hydrogen-bond donors (Lipinski definition) is 3. The zero-order valence-corrected chi connectivity index (χ0v) is 10.6. The number of benzene rings is 1. The Morgan fingerprint density at radius 2 is 2.05 bits per heavy atom. The number of hydrogen-bond acceptors (Lipinski definition) is 3. The highest BCUT2D eigenvalue weighted by Crippen LogP contribution is 2.20. The smallest absolute Gasteiger partial charge is 0.238 e. The van der Waals surface area contributed by atoms with Crippen molar-refractivity contribution in [3.8, 4) is 0 Å². The van der Waals surface area contributed by atoms with Crippen LogP contribution in [-0.2, 0) is 9.59 Å². The first kappa shape index (κ1) is 13.5. The summed E-state index contributed by atoms with van der Waals surface area (Å²) in [5.74, 6) is -1.09. The molecule has 1 aromatic rings. The molecule has 3 N–H and O–H groups in total. The van der Waals surface area contributed by atoms with Gasteiger partial charge in [-0.3, -0.25) is 9.59 Å². The number of rotatable bonds is 5. The molecule has 5 nitrogen and oxygen atoms in total. The minimum absolute atomic E-state index is 0.0560. The minimum atomic E-state index is -0.538. The lowest BCUT2D eigenvalue weighted by atomic mass is 10.2. The van der Waals surface area contributed by atoms with E-state index in [1.165, 1.54) is 25.1 Å². The van der Waals surface area contributed by atoms with Gasteiger partial charge in [0.25, 0.3) is 0 Å². The van der Waals surface area contributed by atoms with E-state index >= 15 is 0 Å². The predicted octanol–water partition coefficient (Wildman–Crippen LogP) is 1.47. The van der Waals surface area contributed by atoms with E-state index in [9.17, 15) is 14.0 Å². The second-order valence-electron chi connectivity index (χ2n) is 4.58. The van der Waals surface area contributed by atoms with Crippen LogP contribution in [0.1, 0.15) is 19.8 Å². The lowest BCUT2D eigenvalue weighted by molar-refractivity contribution is -0.115. The fraction of sp³-hybridized carbons (Fsp3) is 0.385. The molecule has 2 rings (SSSR count). The third-order valence-corrected chi connectivity index (χ3v) is 2.69. The molecule has 1 saturated carbocycles. The second-order valence-corrected chi connectivity index (χ2v) is 4.58. The fourth-order valence-electron chi connectivity index (χ4n) is 1.62. The van der Waals surface area contributed by atoms with Crippen LogP contribution in [0.15, 0.2) is 18.2 Å². The summed E-state index contributed by atoms with van der Waals surface area (Å²) >= 11 is 0. The van der Waals surface area contributed by atoms with Crippen LogP contribution >= 0.6 is 0 Å². The molecule has 0 unspecified atom stereocenters. The average Bonchev–Trinajstić information content (AvgIpc) is 3.14. The molecule has 1 aliphatic carbocycles. The average molecular weight is 265 g/mol. The van der Waals surface area contributed by atoms with Gasteiger partial charge in [-0.2, -0.15) is 0 Å². The molecular weight excluding hydrogens is 249 g/mol. The van der Waals surface area contributed by atoms with Crippen LogP contribution in [-0.4, -0.2) is 24.4 Å². The molecule has 19 heavy (non-hydrogen) atoms. The third kappa shape index (κ3) is 4.33. The lowest BCUT2D eigenvalue weighted by Crippen LogP contribution is -2.29. The summed E-state index contributed by atoms with van der Waals surface area (Å²) in [4.78, 5) is 22.5. The molecule has 0 spiro atoms. The van der Waals surface area contributed by atoms with Gasteiger partial charge in [0, 0.05) is 18.7 Å². The Bertz CT molecular complexity index is 501. The monoisotopic (exact) mass is 265 g/mol. The quantitative estimate of drug-likeness (QED) is 0.755. The largest absolute Gasteiger partial charge is 0.325 e. The van der Waals surface area contributed by atoms with Crippen LogP contribution < -0.4 is 16.0 Å². The van der Waals surface area contributed by atoms with Crippen molar-refractivity contribution >= 4 is 23.2 Å². The summed E-state index contributed by atoms with van der Waals surface area (Å²) in [7, 11) is 0. The molecule has 0 saturated heterocycles. The molecule has 0 atom stereocenters. The number of nitrogens with one attached hydrogen (secondary N) is 3. The van der Waals surface area contributed by atoms with Crippen LogP contribution in [0, 0.1) is 5.82 Å². The van der Waals surface area contributed by atoms with Crippen LogP contribution in [0.5, 0.6) is 0 Å². The summed E-state index contributed by atoms with van der Waals surface area (Å²) < 4.78 is 13.4. The summed E-state index contributed by atoms with van der Waals surface area (Å²) in [6.45, 7) is 1.53. The van der Waals surface area contributed by atoms with Crippen molar-refractivity contribution in [1.82, 2.24) is 5.32 Å². The second kappa shape index (κ2) is 5.79. The van der Waals surface area contributed by atoms with E-state index in [1.807, 2.05) is 0 Å². The molecule has 1 fully saturated rings. The highest BCUT2D eigenvalue weighted by atomic mass is 19.1. The van der Waals surface area contributed by atoms with Crippen molar-refractivity contribution in [2.24, 2.45) is 0 Å². The van der Waals surface area contributed by atoms with Crippen molar-refractivity contribution in [3.05, 3.63) is 24.0 Å². The Labute approximate surface area is 110 Å². The first-order chi connectivity index (χ1) is 9.04. The molecule has 0 radical (unpaired) electrons. The highest BCUT2D eigenvalue weighted by molar-refractivity contribution is 5.94. The van der Waals surface area contributed by atoms with E-state index < -0.39 is 5.82 Å². The van der Waals surface area contributed by atoms with Gasteiger partial charge < -0.3 is 16.0 Å². The molecule has 1 aliphatic rings. The fourth-order valence-corrected chi connectivity index (χ4v) is 1.62. The van der Waals surface area contributed by atoms with Gasteiger partial charge >= 0.3 is 0 Å². The molecule has 0 heterocycles. The van der Waals surface area contributed by atoms with Crippen molar-refractivity contribution in [1.29, 1.82) is 0 Å². The van der Waals surface area contributed by atoms with Crippen LogP contribution in [0.4, 0.5) is 15.8 Å². The zero-order chi connectivity index (χ0) is 13.8. The van der Waals surface area contributed by atoms with E-state index in [-0.39, 0.29) is 24.0 Å². The van der Waals surface area contributed by atoms with Gasteiger partial charge in [0.2, 0.25) is 11.8 Å². The SMILES string of the molecule is CC(=O)Nc1cc(NC(=O)CNC2CC2)ccc1F. The summed E-state index contributed by atoms with van der Waals surface area (Å²) in [5.41, 5.74) is 0.508. The predicted molar refractivity (Wildman–Crippen MR) is 70.4 cm³/mol. The van der Waals surface area contributed by atoms with Crippen molar-refractivity contribution in [2.45, 2.75) is 25.8 Å². The maximum Gasteiger partial charge on any atom is 0.238 e. The Morgan fingerprint density at radius 1 is 1.32 bits per heavy atom. The molecule has 102 valence electrons. The molecule has 2 amide bonds. The summed E-state index contributed by atoms with van der Waals surface area (Å²) in [6.07, 6.45) is 2.22. The first-order valence-electron chi connectivity index (χ1n) is 6.15. The Hall–Kier alpha value is -1.95. The lowest BCUT2D eigenvalue weighted by Gasteiger charge is -2.09. The van der Waals surface area contributed by atoms with E-state index in [0.717, 1.165) is 12.8 Å². The number of amides is 2. The van der Waals surface area contributed by atoms with E-state index in [1.54, 1.807) is 0 Å². The topological polar surface area (TPSA) is 70.2 Å². The minimum Gasteiger partial charge on any atom is -0.325 e. The van der Waals surface area contributed by atoms with Gasteiger partial charge in [-0.1, -0.05) is 0 Å². The number of halogens is 1. The number of carbonyl (C=O) groups is 2. The van der Waals surface area contributed by atoms with Crippen molar-refractivity contribution in [2.75, 3.05) is 17.2 Å². The molecule has 0 aliphatic heterocycles. The highest BCUT2D eigenvalue weighted by Gasteiger charge is 2.21. The van der Waals surface area contributed by atoms with E-state index in [0.29, 0.717) is 11.7 Å². The first-order valence-corrected chi connectivity index (χ1v) is 6.15. The van der Waals surface area contributed by atoms with Gasteiger partial charge in [-0.25, -0.2) is 4.39 Å². The van der Waals surface area contributed by atoms with Gasteiger partial charge in [0.05, 0.1) is 12.2 Å². The molecule has 0 bridgehead atoms. The van der Waals surface area contributed by atoms with Crippen LogP contribution in [0.25, 0.3) is 0 Å². The van der Waals surface area contributed by atoms with E-state index in [4.69, 9.17) is 0 Å². The Morgan fingerprint density at radius 3 is 2.68 bits per heavy atom. The summed E-state index contributed by atoms with van der Waals surface area (Å²) in [6, 6.07) is 4.50. The maximum absolute atomic E-state index is 13.4. The normalized spacial score (nSPS) is 14.0.